The van der Waals surface area contributed by atoms with E-state index in [1.807, 2.05) is 31.1 Å². The molecule has 19 heavy (non-hydrogen) atoms. The topological polar surface area (TPSA) is 58.4 Å². The molecule has 0 spiro atoms. The number of anilines is 2. The maximum absolute atomic E-state index is 12.2. The van der Waals surface area contributed by atoms with E-state index in [0.717, 1.165) is 25.1 Å². The molecule has 4 nitrogen and oxygen atoms in total. The number of amides is 1. The zero-order valence-corrected chi connectivity index (χ0v) is 12.2. The van der Waals surface area contributed by atoms with Gasteiger partial charge in [-0.1, -0.05) is 26.2 Å². The van der Waals surface area contributed by atoms with Crippen LogP contribution >= 0.6 is 0 Å². The van der Waals surface area contributed by atoms with E-state index in [2.05, 4.69) is 12.2 Å². The van der Waals surface area contributed by atoms with Crippen LogP contribution in [0.5, 0.6) is 0 Å². The summed E-state index contributed by atoms with van der Waals surface area (Å²) in [6.07, 6.45) is 4.61. The largest absolute Gasteiger partial charge is 0.399 e. The van der Waals surface area contributed by atoms with Gasteiger partial charge in [0.05, 0.1) is 5.56 Å². The number of hydrogen-bond acceptors (Lipinski definition) is 3. The third kappa shape index (κ3) is 4.81. The molecule has 0 aliphatic heterocycles. The Hall–Kier alpha value is -1.71. The normalized spacial score (nSPS) is 10.3. The molecule has 4 heteroatoms. The summed E-state index contributed by atoms with van der Waals surface area (Å²) in [6, 6.07) is 5.42. The molecule has 0 atom stereocenters. The van der Waals surface area contributed by atoms with Gasteiger partial charge in [-0.2, -0.15) is 0 Å². The number of carbonyl (C=O) groups excluding carboxylic acids is 1. The van der Waals surface area contributed by atoms with Crippen molar-refractivity contribution in [2.75, 3.05) is 31.3 Å². The van der Waals surface area contributed by atoms with Gasteiger partial charge in [0, 0.05) is 32.0 Å². The third-order valence-corrected chi connectivity index (χ3v) is 3.06. The predicted octanol–water partition coefficient (Wildman–Crippen LogP) is 2.64. The van der Waals surface area contributed by atoms with Gasteiger partial charge in [-0.05, 0) is 24.6 Å². The molecular formula is C15H25N3O. The molecule has 0 saturated carbocycles. The first-order valence-corrected chi connectivity index (χ1v) is 6.91. The van der Waals surface area contributed by atoms with E-state index >= 15 is 0 Å². The molecule has 1 aromatic carbocycles. The summed E-state index contributed by atoms with van der Waals surface area (Å²) in [6.45, 7) is 2.90. The van der Waals surface area contributed by atoms with Crippen LogP contribution in [0.3, 0.4) is 0 Å². The average molecular weight is 263 g/mol. The second kappa shape index (κ2) is 7.67. The highest BCUT2D eigenvalue weighted by atomic mass is 16.1. The SMILES string of the molecule is CCCCCCNC(=O)c1cc(N)ccc1N(C)C. The maximum atomic E-state index is 12.2. The van der Waals surface area contributed by atoms with E-state index in [1.165, 1.54) is 12.8 Å². The van der Waals surface area contributed by atoms with E-state index in [4.69, 9.17) is 5.73 Å². The molecule has 1 amide bonds. The molecule has 0 fully saturated rings. The van der Waals surface area contributed by atoms with E-state index < -0.39 is 0 Å². The van der Waals surface area contributed by atoms with Crippen molar-refractivity contribution in [3.8, 4) is 0 Å². The average Bonchev–Trinajstić information content (AvgIpc) is 2.37. The zero-order valence-electron chi connectivity index (χ0n) is 12.2. The lowest BCUT2D eigenvalue weighted by Crippen LogP contribution is -2.26. The Balaban J connectivity index is 2.63. The molecule has 1 rings (SSSR count). The minimum absolute atomic E-state index is 0.0486. The fourth-order valence-corrected chi connectivity index (χ4v) is 1.97. The van der Waals surface area contributed by atoms with Gasteiger partial charge in [-0.15, -0.1) is 0 Å². The first-order chi connectivity index (χ1) is 9.06. The highest BCUT2D eigenvalue weighted by Crippen LogP contribution is 2.21. The number of nitrogen functional groups attached to an aromatic ring is 1. The summed E-state index contributed by atoms with van der Waals surface area (Å²) in [5.74, 6) is -0.0486. The van der Waals surface area contributed by atoms with Crippen molar-refractivity contribution < 1.29 is 4.79 Å². The quantitative estimate of drug-likeness (QED) is 0.587. The van der Waals surface area contributed by atoms with Gasteiger partial charge in [-0.25, -0.2) is 0 Å². The van der Waals surface area contributed by atoms with Crippen LogP contribution in [0.25, 0.3) is 0 Å². The molecule has 0 bridgehead atoms. The number of benzene rings is 1. The summed E-state index contributed by atoms with van der Waals surface area (Å²) < 4.78 is 0. The Bertz CT molecular complexity index is 416. The van der Waals surface area contributed by atoms with Gasteiger partial charge >= 0.3 is 0 Å². The molecule has 0 saturated heterocycles. The number of carbonyl (C=O) groups is 1. The molecule has 3 N–H and O–H groups in total. The molecule has 0 aliphatic rings. The van der Waals surface area contributed by atoms with Crippen molar-refractivity contribution in [3.05, 3.63) is 23.8 Å². The molecule has 0 radical (unpaired) electrons. The van der Waals surface area contributed by atoms with Gasteiger partial charge in [0.15, 0.2) is 0 Å². The van der Waals surface area contributed by atoms with Crippen LogP contribution in [0.1, 0.15) is 43.0 Å². The number of rotatable bonds is 7. The van der Waals surface area contributed by atoms with Crippen LogP contribution in [0, 0.1) is 0 Å². The summed E-state index contributed by atoms with van der Waals surface area (Å²) in [7, 11) is 3.84. The van der Waals surface area contributed by atoms with Gasteiger partial charge in [0.25, 0.3) is 5.91 Å². The monoisotopic (exact) mass is 263 g/mol. The Morgan fingerprint density at radius 3 is 2.63 bits per heavy atom. The third-order valence-electron chi connectivity index (χ3n) is 3.06. The van der Waals surface area contributed by atoms with Crippen molar-refractivity contribution in [1.29, 1.82) is 0 Å². The lowest BCUT2D eigenvalue weighted by molar-refractivity contribution is 0.0953. The lowest BCUT2D eigenvalue weighted by Gasteiger charge is -2.17. The molecule has 1 aromatic rings. The summed E-state index contributed by atoms with van der Waals surface area (Å²) >= 11 is 0. The highest BCUT2D eigenvalue weighted by Gasteiger charge is 2.12. The second-order valence-corrected chi connectivity index (χ2v) is 4.99. The van der Waals surface area contributed by atoms with Gasteiger partial charge in [0.2, 0.25) is 0 Å². The van der Waals surface area contributed by atoms with Crippen molar-refractivity contribution >= 4 is 17.3 Å². The second-order valence-electron chi connectivity index (χ2n) is 4.99. The smallest absolute Gasteiger partial charge is 0.253 e. The lowest BCUT2D eigenvalue weighted by atomic mass is 10.1. The zero-order chi connectivity index (χ0) is 14.3. The van der Waals surface area contributed by atoms with Crippen LogP contribution in [0.2, 0.25) is 0 Å². The molecule has 106 valence electrons. The Kier molecular flexibility index (Phi) is 6.19. The number of hydrogen-bond donors (Lipinski definition) is 2. The van der Waals surface area contributed by atoms with Crippen LogP contribution in [-0.2, 0) is 0 Å². The van der Waals surface area contributed by atoms with Crippen molar-refractivity contribution in [1.82, 2.24) is 5.32 Å². The van der Waals surface area contributed by atoms with Gasteiger partial charge < -0.3 is 16.0 Å². The Morgan fingerprint density at radius 1 is 1.26 bits per heavy atom. The van der Waals surface area contributed by atoms with Crippen molar-refractivity contribution in [3.63, 3.8) is 0 Å². The van der Waals surface area contributed by atoms with Crippen LogP contribution in [-0.4, -0.2) is 26.5 Å². The molecule has 0 aromatic heterocycles. The van der Waals surface area contributed by atoms with E-state index in [-0.39, 0.29) is 5.91 Å². The molecular weight excluding hydrogens is 238 g/mol. The Labute approximate surface area is 116 Å². The van der Waals surface area contributed by atoms with Crippen LogP contribution in [0.15, 0.2) is 18.2 Å². The minimum Gasteiger partial charge on any atom is -0.399 e. The standard InChI is InChI=1S/C15H25N3O/c1-4-5-6-7-10-17-15(19)13-11-12(16)8-9-14(13)18(2)3/h8-9,11H,4-7,10,16H2,1-3H3,(H,17,19). The maximum Gasteiger partial charge on any atom is 0.253 e. The summed E-state index contributed by atoms with van der Waals surface area (Å²) in [5.41, 5.74) is 7.90. The Morgan fingerprint density at radius 2 is 2.00 bits per heavy atom. The van der Waals surface area contributed by atoms with Gasteiger partial charge in [0.1, 0.15) is 0 Å². The van der Waals surface area contributed by atoms with E-state index in [0.29, 0.717) is 11.3 Å². The molecule has 0 aliphatic carbocycles. The number of nitrogens with one attached hydrogen (secondary N) is 1. The summed E-state index contributed by atoms with van der Waals surface area (Å²) in [4.78, 5) is 14.1. The first-order valence-electron chi connectivity index (χ1n) is 6.91. The minimum atomic E-state index is -0.0486. The van der Waals surface area contributed by atoms with E-state index in [1.54, 1.807) is 6.07 Å². The van der Waals surface area contributed by atoms with E-state index in [9.17, 15) is 4.79 Å². The van der Waals surface area contributed by atoms with Crippen LogP contribution < -0.4 is 16.0 Å². The highest BCUT2D eigenvalue weighted by molar-refractivity contribution is 6.00. The molecule has 0 heterocycles. The summed E-state index contributed by atoms with van der Waals surface area (Å²) in [5, 5.41) is 2.96. The number of nitrogens with zero attached hydrogens (tertiary/aromatic N) is 1. The van der Waals surface area contributed by atoms with Crippen molar-refractivity contribution in [2.45, 2.75) is 32.6 Å². The fourth-order valence-electron chi connectivity index (χ4n) is 1.97. The van der Waals surface area contributed by atoms with Crippen LogP contribution in [0.4, 0.5) is 11.4 Å². The molecule has 0 unspecified atom stereocenters. The fraction of sp³-hybridized carbons (Fsp3) is 0.533. The van der Waals surface area contributed by atoms with Crippen molar-refractivity contribution in [2.24, 2.45) is 0 Å². The van der Waals surface area contributed by atoms with Gasteiger partial charge in [-0.3, -0.25) is 4.79 Å². The number of unbranched alkanes of at least 4 members (excludes halogenated alkanes) is 3. The number of nitrogens with two attached hydrogens (primary N) is 1. The first kappa shape index (κ1) is 15.3. The predicted molar refractivity (Wildman–Crippen MR) is 81.7 cm³/mol.